The maximum atomic E-state index is 10.6. The van der Waals surface area contributed by atoms with E-state index in [0.29, 0.717) is 12.3 Å². The van der Waals surface area contributed by atoms with E-state index in [-0.39, 0.29) is 0 Å². The van der Waals surface area contributed by atoms with Crippen molar-refractivity contribution in [2.24, 2.45) is 16.6 Å². The molecule has 0 aromatic carbocycles. The highest BCUT2D eigenvalue weighted by Crippen LogP contribution is 2.06. The van der Waals surface area contributed by atoms with Gasteiger partial charge in [-0.05, 0) is 12.3 Å². The molecular weight excluding hydrogens is 144 g/mol. The van der Waals surface area contributed by atoms with E-state index in [1.54, 1.807) is 0 Å². The van der Waals surface area contributed by atoms with Crippen LogP contribution in [0.3, 0.4) is 0 Å². The first-order valence-corrected chi connectivity index (χ1v) is 3.44. The van der Waals surface area contributed by atoms with Crippen LogP contribution in [-0.2, 0) is 9.59 Å². The molecule has 0 heterocycles. The molecule has 4 heteroatoms. The van der Waals surface area contributed by atoms with Gasteiger partial charge in [0.2, 0.25) is 12.0 Å². The molecule has 0 aromatic heterocycles. The van der Waals surface area contributed by atoms with Gasteiger partial charge in [-0.2, -0.15) is 4.99 Å². The fraction of sp³-hybridized carbons (Fsp3) is 0.714. The zero-order chi connectivity index (χ0) is 8.85. The lowest BCUT2D eigenvalue weighted by Crippen LogP contribution is -2.28. The minimum absolute atomic E-state index is 0.296. The van der Waals surface area contributed by atoms with Crippen molar-refractivity contribution in [3.05, 3.63) is 0 Å². The summed E-state index contributed by atoms with van der Waals surface area (Å²) < 4.78 is 0. The average molecular weight is 156 g/mol. The van der Waals surface area contributed by atoms with E-state index in [2.05, 4.69) is 4.99 Å². The number of isocyanates is 1. The van der Waals surface area contributed by atoms with Crippen LogP contribution in [0.2, 0.25) is 0 Å². The zero-order valence-corrected chi connectivity index (χ0v) is 6.70. The largest absolute Gasteiger partial charge is 0.368 e. The van der Waals surface area contributed by atoms with Crippen molar-refractivity contribution in [2.75, 3.05) is 0 Å². The summed E-state index contributed by atoms with van der Waals surface area (Å²) in [6.45, 7) is 3.85. The number of nitrogens with two attached hydrogens (primary N) is 1. The van der Waals surface area contributed by atoms with E-state index in [1.165, 1.54) is 6.08 Å². The lowest BCUT2D eigenvalue weighted by molar-refractivity contribution is -0.119. The summed E-state index contributed by atoms with van der Waals surface area (Å²) >= 11 is 0. The van der Waals surface area contributed by atoms with Crippen LogP contribution in [-0.4, -0.2) is 18.0 Å². The predicted molar refractivity (Wildman–Crippen MR) is 40.6 cm³/mol. The molecule has 0 bridgehead atoms. The van der Waals surface area contributed by atoms with Crippen molar-refractivity contribution < 1.29 is 9.59 Å². The molecule has 11 heavy (non-hydrogen) atoms. The van der Waals surface area contributed by atoms with Crippen molar-refractivity contribution in [3.63, 3.8) is 0 Å². The van der Waals surface area contributed by atoms with E-state index >= 15 is 0 Å². The number of hydrogen-bond acceptors (Lipinski definition) is 3. The Morgan fingerprint density at radius 2 is 2.18 bits per heavy atom. The molecule has 0 unspecified atom stereocenters. The van der Waals surface area contributed by atoms with Crippen LogP contribution in [0, 0.1) is 5.92 Å². The lowest BCUT2D eigenvalue weighted by Gasteiger charge is -2.07. The van der Waals surface area contributed by atoms with Crippen LogP contribution in [0.1, 0.15) is 20.3 Å². The Bertz CT molecular complexity index is 181. The summed E-state index contributed by atoms with van der Waals surface area (Å²) in [5, 5.41) is 0. The number of carbonyl (C=O) groups excluding carboxylic acids is 2. The van der Waals surface area contributed by atoms with Crippen molar-refractivity contribution in [2.45, 2.75) is 26.3 Å². The van der Waals surface area contributed by atoms with E-state index in [4.69, 9.17) is 5.73 Å². The van der Waals surface area contributed by atoms with Gasteiger partial charge >= 0.3 is 0 Å². The zero-order valence-electron chi connectivity index (χ0n) is 6.70. The van der Waals surface area contributed by atoms with Crippen LogP contribution in [0.25, 0.3) is 0 Å². The molecule has 0 radical (unpaired) electrons. The number of amides is 1. The van der Waals surface area contributed by atoms with Gasteiger partial charge in [-0.25, -0.2) is 4.79 Å². The minimum atomic E-state index is -0.701. The number of primary amides is 1. The number of nitrogens with zero attached hydrogens (tertiary/aromatic N) is 1. The summed E-state index contributed by atoms with van der Waals surface area (Å²) in [6, 6.07) is -0.701. The Labute approximate surface area is 65.5 Å². The molecule has 0 saturated carbocycles. The van der Waals surface area contributed by atoms with Crippen molar-refractivity contribution >= 4 is 12.0 Å². The molecule has 0 aromatic rings. The standard InChI is InChI=1S/C7H12N2O2/c1-5(2)3-6(7(8)11)9-4-10/h5-6H,3H2,1-2H3,(H2,8,11)/t6-/m1/s1. The maximum Gasteiger partial charge on any atom is 0.243 e. The lowest BCUT2D eigenvalue weighted by atomic mass is 10.0. The van der Waals surface area contributed by atoms with Gasteiger partial charge in [0, 0.05) is 0 Å². The van der Waals surface area contributed by atoms with Gasteiger partial charge < -0.3 is 5.73 Å². The van der Waals surface area contributed by atoms with Crippen LogP contribution >= 0.6 is 0 Å². The summed E-state index contributed by atoms with van der Waals surface area (Å²) in [5.41, 5.74) is 4.96. The van der Waals surface area contributed by atoms with Crippen LogP contribution < -0.4 is 5.73 Å². The Kier molecular flexibility index (Phi) is 4.15. The molecule has 2 N–H and O–H groups in total. The van der Waals surface area contributed by atoms with Crippen LogP contribution in [0.15, 0.2) is 4.99 Å². The second kappa shape index (κ2) is 4.63. The van der Waals surface area contributed by atoms with Gasteiger partial charge in [0.25, 0.3) is 0 Å². The van der Waals surface area contributed by atoms with E-state index in [0.717, 1.165) is 0 Å². The average Bonchev–Trinajstić information content (AvgIpc) is 1.86. The third kappa shape index (κ3) is 4.28. The van der Waals surface area contributed by atoms with Crippen LogP contribution in [0.4, 0.5) is 0 Å². The van der Waals surface area contributed by atoms with E-state index in [1.807, 2.05) is 13.8 Å². The predicted octanol–water partition coefficient (Wildman–Crippen LogP) is 0.222. The first-order chi connectivity index (χ1) is 5.07. The summed E-state index contributed by atoms with van der Waals surface area (Å²) in [5.74, 6) is -0.272. The van der Waals surface area contributed by atoms with Crippen molar-refractivity contribution in [1.29, 1.82) is 0 Å². The van der Waals surface area contributed by atoms with Gasteiger partial charge in [-0.15, -0.1) is 0 Å². The smallest absolute Gasteiger partial charge is 0.243 e. The highest BCUT2D eigenvalue weighted by Gasteiger charge is 2.14. The number of aliphatic imine (C=N–C) groups is 1. The molecule has 0 spiro atoms. The highest BCUT2D eigenvalue weighted by molar-refractivity contribution is 5.80. The minimum Gasteiger partial charge on any atom is -0.368 e. The second-order valence-corrected chi connectivity index (χ2v) is 2.77. The quantitative estimate of drug-likeness (QED) is 0.467. The molecule has 0 rings (SSSR count). The van der Waals surface area contributed by atoms with Gasteiger partial charge in [0.05, 0.1) is 0 Å². The van der Waals surface area contributed by atoms with Gasteiger partial charge in [0.15, 0.2) is 0 Å². The van der Waals surface area contributed by atoms with Gasteiger partial charge in [0.1, 0.15) is 6.04 Å². The molecule has 1 amide bonds. The number of hydrogen-bond donors (Lipinski definition) is 1. The summed E-state index contributed by atoms with van der Waals surface area (Å²) in [7, 11) is 0. The Morgan fingerprint density at radius 3 is 2.45 bits per heavy atom. The SMILES string of the molecule is CC(C)C[C@@H](N=C=O)C(N)=O. The normalized spacial score (nSPS) is 12.3. The number of rotatable bonds is 4. The van der Waals surface area contributed by atoms with E-state index < -0.39 is 11.9 Å². The molecule has 62 valence electrons. The molecule has 0 aliphatic carbocycles. The van der Waals surface area contributed by atoms with Gasteiger partial charge in [-0.1, -0.05) is 13.8 Å². The molecule has 4 nitrogen and oxygen atoms in total. The fourth-order valence-corrected chi connectivity index (χ4v) is 0.743. The molecule has 0 aliphatic heterocycles. The van der Waals surface area contributed by atoms with Gasteiger partial charge in [-0.3, -0.25) is 4.79 Å². The molecule has 0 aliphatic rings. The summed E-state index contributed by atoms with van der Waals surface area (Å²) in [4.78, 5) is 23.7. The first-order valence-electron chi connectivity index (χ1n) is 3.44. The Morgan fingerprint density at radius 1 is 1.64 bits per heavy atom. The Balaban J connectivity index is 4.11. The Hall–Kier alpha value is -1.15. The monoisotopic (exact) mass is 156 g/mol. The van der Waals surface area contributed by atoms with Crippen molar-refractivity contribution in [1.82, 2.24) is 0 Å². The van der Waals surface area contributed by atoms with Crippen LogP contribution in [0.5, 0.6) is 0 Å². The third-order valence-electron chi connectivity index (χ3n) is 1.23. The molecular formula is C7H12N2O2. The first kappa shape index (κ1) is 9.85. The topological polar surface area (TPSA) is 72.5 Å². The molecule has 0 saturated heterocycles. The molecule has 0 fully saturated rings. The molecule has 1 atom stereocenters. The summed E-state index contributed by atoms with van der Waals surface area (Å²) in [6.07, 6.45) is 1.83. The highest BCUT2D eigenvalue weighted by atomic mass is 16.1. The maximum absolute atomic E-state index is 10.6. The second-order valence-electron chi connectivity index (χ2n) is 2.77. The van der Waals surface area contributed by atoms with E-state index in [9.17, 15) is 9.59 Å². The fourth-order valence-electron chi connectivity index (χ4n) is 0.743. The van der Waals surface area contributed by atoms with Crippen molar-refractivity contribution in [3.8, 4) is 0 Å². The third-order valence-corrected chi connectivity index (χ3v) is 1.23. The number of carbonyl (C=O) groups is 1.